The van der Waals surface area contributed by atoms with Crippen LogP contribution in [0.25, 0.3) is 0 Å². The highest BCUT2D eigenvalue weighted by molar-refractivity contribution is 5.84. The average Bonchev–Trinajstić information content (AvgIpc) is 2.64. The van der Waals surface area contributed by atoms with Crippen molar-refractivity contribution < 1.29 is 14.0 Å². The molecule has 0 saturated carbocycles. The third-order valence-corrected chi connectivity index (χ3v) is 4.54. The van der Waals surface area contributed by atoms with Crippen molar-refractivity contribution in [2.45, 2.75) is 25.8 Å². The van der Waals surface area contributed by atoms with Crippen LogP contribution in [0, 0.1) is 11.7 Å². The summed E-state index contributed by atoms with van der Waals surface area (Å²) in [6.07, 6.45) is 3.18. The predicted molar refractivity (Wildman–Crippen MR) is 94.5 cm³/mol. The minimum Gasteiger partial charge on any atom is -0.341 e. The highest BCUT2D eigenvalue weighted by atomic mass is 19.1. The van der Waals surface area contributed by atoms with E-state index in [1.807, 2.05) is 11.9 Å². The van der Waals surface area contributed by atoms with Crippen molar-refractivity contribution in [3.8, 4) is 0 Å². The maximum absolute atomic E-state index is 12.8. The number of urea groups is 1. The number of nitrogens with zero attached hydrogens (tertiary/aromatic N) is 1. The monoisotopic (exact) mass is 350 g/mol. The number of hydrogen-bond donors (Lipinski definition) is 3. The zero-order valence-electron chi connectivity index (χ0n) is 14.7. The molecule has 0 atom stereocenters. The van der Waals surface area contributed by atoms with Gasteiger partial charge in [-0.05, 0) is 56.5 Å². The van der Waals surface area contributed by atoms with Gasteiger partial charge in [-0.25, -0.2) is 9.18 Å². The molecule has 0 spiro atoms. The first kappa shape index (κ1) is 19.2. The second-order valence-electron chi connectivity index (χ2n) is 6.38. The van der Waals surface area contributed by atoms with Gasteiger partial charge in [-0.15, -0.1) is 0 Å². The molecule has 1 aliphatic rings. The summed E-state index contributed by atoms with van der Waals surface area (Å²) in [7, 11) is 1.95. The normalized spacial score (nSPS) is 15.0. The number of carbonyl (C=O) groups is 2. The zero-order chi connectivity index (χ0) is 18.1. The van der Waals surface area contributed by atoms with E-state index in [4.69, 9.17) is 0 Å². The number of halogens is 1. The van der Waals surface area contributed by atoms with Crippen molar-refractivity contribution in [3.05, 3.63) is 35.6 Å². The van der Waals surface area contributed by atoms with Gasteiger partial charge in [-0.2, -0.15) is 0 Å². The van der Waals surface area contributed by atoms with Gasteiger partial charge in [0.15, 0.2) is 0 Å². The molecule has 1 aromatic carbocycles. The van der Waals surface area contributed by atoms with Crippen LogP contribution < -0.4 is 16.0 Å². The SMILES string of the molecule is CNCCC1CCN(C(=O)CNC(=O)NCc2ccc(F)cc2)CC1. The third kappa shape index (κ3) is 6.70. The Bertz CT molecular complexity index is 557. The highest BCUT2D eigenvalue weighted by Gasteiger charge is 2.22. The molecule has 7 heteroatoms. The first-order valence-corrected chi connectivity index (χ1v) is 8.77. The molecule has 1 heterocycles. The van der Waals surface area contributed by atoms with Crippen LogP contribution in [-0.2, 0) is 11.3 Å². The number of amides is 3. The summed E-state index contributed by atoms with van der Waals surface area (Å²) in [5.41, 5.74) is 0.798. The van der Waals surface area contributed by atoms with Crippen LogP contribution in [-0.4, -0.2) is 50.1 Å². The summed E-state index contributed by atoms with van der Waals surface area (Å²) in [6.45, 7) is 2.81. The van der Waals surface area contributed by atoms with Gasteiger partial charge in [0.2, 0.25) is 5.91 Å². The lowest BCUT2D eigenvalue weighted by Gasteiger charge is -2.32. The summed E-state index contributed by atoms with van der Waals surface area (Å²) in [5, 5.41) is 8.39. The maximum atomic E-state index is 12.8. The summed E-state index contributed by atoms with van der Waals surface area (Å²) in [6, 6.07) is 5.51. The Labute approximate surface area is 148 Å². The van der Waals surface area contributed by atoms with Crippen molar-refractivity contribution in [1.82, 2.24) is 20.9 Å². The molecule has 1 fully saturated rings. The van der Waals surface area contributed by atoms with E-state index in [0.29, 0.717) is 5.92 Å². The minimum atomic E-state index is -0.401. The summed E-state index contributed by atoms with van der Waals surface area (Å²) >= 11 is 0. The van der Waals surface area contributed by atoms with E-state index < -0.39 is 6.03 Å². The van der Waals surface area contributed by atoms with Crippen molar-refractivity contribution in [2.24, 2.45) is 5.92 Å². The summed E-state index contributed by atoms with van der Waals surface area (Å²) < 4.78 is 12.8. The molecular weight excluding hydrogens is 323 g/mol. The standard InChI is InChI=1S/C18H27FN4O2/c1-20-9-6-14-7-10-23(11-8-14)17(24)13-22-18(25)21-12-15-2-4-16(19)5-3-15/h2-5,14,20H,6-13H2,1H3,(H2,21,22,25). The van der Waals surface area contributed by atoms with Crippen LogP contribution in [0.4, 0.5) is 9.18 Å². The molecule has 0 bridgehead atoms. The van der Waals surface area contributed by atoms with E-state index in [2.05, 4.69) is 16.0 Å². The second-order valence-corrected chi connectivity index (χ2v) is 6.38. The first-order chi connectivity index (χ1) is 12.1. The van der Waals surface area contributed by atoms with Crippen molar-refractivity contribution in [3.63, 3.8) is 0 Å². The lowest BCUT2D eigenvalue weighted by molar-refractivity contribution is -0.131. The Hall–Kier alpha value is -2.15. The van der Waals surface area contributed by atoms with Gasteiger partial charge in [-0.1, -0.05) is 12.1 Å². The number of nitrogens with one attached hydrogen (secondary N) is 3. The van der Waals surface area contributed by atoms with E-state index in [1.165, 1.54) is 12.1 Å². The van der Waals surface area contributed by atoms with Gasteiger partial charge in [-0.3, -0.25) is 4.79 Å². The van der Waals surface area contributed by atoms with Crippen LogP contribution in [0.5, 0.6) is 0 Å². The molecule has 6 nitrogen and oxygen atoms in total. The van der Waals surface area contributed by atoms with E-state index >= 15 is 0 Å². The molecule has 0 radical (unpaired) electrons. The van der Waals surface area contributed by atoms with E-state index in [-0.39, 0.29) is 24.8 Å². The molecular formula is C18H27FN4O2. The Morgan fingerprint density at radius 1 is 1.16 bits per heavy atom. The van der Waals surface area contributed by atoms with Crippen LogP contribution >= 0.6 is 0 Å². The predicted octanol–water partition coefficient (Wildman–Crippen LogP) is 1.47. The number of hydrogen-bond acceptors (Lipinski definition) is 3. The highest BCUT2D eigenvalue weighted by Crippen LogP contribution is 2.19. The molecule has 3 amide bonds. The number of carbonyl (C=O) groups excluding carboxylic acids is 2. The smallest absolute Gasteiger partial charge is 0.315 e. The maximum Gasteiger partial charge on any atom is 0.315 e. The molecule has 0 unspecified atom stereocenters. The number of benzene rings is 1. The van der Waals surface area contributed by atoms with Crippen LogP contribution in [0.15, 0.2) is 24.3 Å². The van der Waals surface area contributed by atoms with Crippen molar-refractivity contribution in [2.75, 3.05) is 33.2 Å². The van der Waals surface area contributed by atoms with Crippen molar-refractivity contribution in [1.29, 1.82) is 0 Å². The first-order valence-electron chi connectivity index (χ1n) is 8.77. The Balaban J connectivity index is 1.62. The molecule has 1 aliphatic heterocycles. The number of piperidine rings is 1. The Morgan fingerprint density at radius 3 is 2.48 bits per heavy atom. The fourth-order valence-corrected chi connectivity index (χ4v) is 2.93. The lowest BCUT2D eigenvalue weighted by Crippen LogP contribution is -2.46. The molecule has 0 aromatic heterocycles. The fourth-order valence-electron chi connectivity index (χ4n) is 2.93. The van der Waals surface area contributed by atoms with Gasteiger partial charge < -0.3 is 20.9 Å². The van der Waals surface area contributed by atoms with E-state index in [0.717, 1.165) is 44.5 Å². The van der Waals surface area contributed by atoms with Gasteiger partial charge in [0.25, 0.3) is 0 Å². The van der Waals surface area contributed by atoms with Crippen LogP contribution in [0.2, 0.25) is 0 Å². The quantitative estimate of drug-likeness (QED) is 0.697. The largest absolute Gasteiger partial charge is 0.341 e. The Kier molecular flexibility index (Phi) is 7.66. The Morgan fingerprint density at radius 2 is 1.84 bits per heavy atom. The molecule has 138 valence electrons. The number of likely N-dealkylation sites (tertiary alicyclic amines) is 1. The summed E-state index contributed by atoms with van der Waals surface area (Å²) in [4.78, 5) is 25.7. The van der Waals surface area contributed by atoms with Crippen molar-refractivity contribution >= 4 is 11.9 Å². The molecule has 25 heavy (non-hydrogen) atoms. The molecule has 3 N–H and O–H groups in total. The average molecular weight is 350 g/mol. The third-order valence-electron chi connectivity index (χ3n) is 4.54. The lowest BCUT2D eigenvalue weighted by atomic mass is 9.93. The topological polar surface area (TPSA) is 73.5 Å². The molecule has 2 rings (SSSR count). The van der Waals surface area contributed by atoms with Gasteiger partial charge in [0.1, 0.15) is 5.82 Å². The summed E-state index contributed by atoms with van der Waals surface area (Å²) in [5.74, 6) is 0.306. The molecule has 1 aromatic rings. The van der Waals surface area contributed by atoms with Crippen LogP contribution in [0.3, 0.4) is 0 Å². The van der Waals surface area contributed by atoms with Gasteiger partial charge in [0, 0.05) is 19.6 Å². The minimum absolute atomic E-state index is 0.00354. The zero-order valence-corrected chi connectivity index (χ0v) is 14.7. The van der Waals surface area contributed by atoms with E-state index in [1.54, 1.807) is 12.1 Å². The second kappa shape index (κ2) is 9.98. The van der Waals surface area contributed by atoms with Crippen LogP contribution in [0.1, 0.15) is 24.8 Å². The molecule has 1 saturated heterocycles. The number of rotatable bonds is 7. The van der Waals surface area contributed by atoms with Gasteiger partial charge >= 0.3 is 6.03 Å². The van der Waals surface area contributed by atoms with Gasteiger partial charge in [0.05, 0.1) is 6.54 Å². The fraction of sp³-hybridized carbons (Fsp3) is 0.556. The molecule has 0 aliphatic carbocycles. The van der Waals surface area contributed by atoms with E-state index in [9.17, 15) is 14.0 Å².